The van der Waals surface area contributed by atoms with E-state index in [1.165, 1.54) is 28.8 Å². The van der Waals surface area contributed by atoms with Crippen LogP contribution in [-0.4, -0.2) is 10.2 Å². The third-order valence-corrected chi connectivity index (χ3v) is 4.04. The van der Waals surface area contributed by atoms with Crippen molar-refractivity contribution in [2.75, 3.05) is 5.32 Å². The third-order valence-electron chi connectivity index (χ3n) is 4.04. The molecule has 0 spiro atoms. The Morgan fingerprint density at radius 3 is 2.67 bits per heavy atom. The zero-order valence-corrected chi connectivity index (χ0v) is 11.5. The SMILES string of the molecule is CC1c2ccccc2-c2[nH]nc(Nc3ccc(F)cc3)c21. The maximum absolute atomic E-state index is 13.0. The smallest absolute Gasteiger partial charge is 0.156 e. The third kappa shape index (κ3) is 1.83. The Balaban J connectivity index is 1.74. The van der Waals surface area contributed by atoms with Gasteiger partial charge >= 0.3 is 0 Å². The summed E-state index contributed by atoms with van der Waals surface area (Å²) in [5, 5.41) is 10.8. The molecule has 3 aromatic rings. The van der Waals surface area contributed by atoms with Crippen LogP contribution in [0.25, 0.3) is 11.3 Å². The summed E-state index contributed by atoms with van der Waals surface area (Å²) in [6.45, 7) is 2.18. The Hall–Kier alpha value is -2.62. The van der Waals surface area contributed by atoms with E-state index in [0.717, 1.165) is 17.2 Å². The van der Waals surface area contributed by atoms with Crippen molar-refractivity contribution in [3.63, 3.8) is 0 Å². The molecule has 0 fully saturated rings. The Bertz CT molecular complexity index is 805. The number of anilines is 2. The lowest BCUT2D eigenvalue weighted by Gasteiger charge is -2.09. The molecule has 1 atom stereocenters. The van der Waals surface area contributed by atoms with Crippen LogP contribution in [0.2, 0.25) is 0 Å². The van der Waals surface area contributed by atoms with Crippen LogP contribution >= 0.6 is 0 Å². The number of aromatic nitrogens is 2. The van der Waals surface area contributed by atoms with Crippen molar-refractivity contribution in [3.8, 4) is 11.3 Å². The molecule has 0 saturated heterocycles. The summed E-state index contributed by atoms with van der Waals surface area (Å²) in [7, 11) is 0. The lowest BCUT2D eigenvalue weighted by molar-refractivity contribution is 0.628. The second-order valence-corrected chi connectivity index (χ2v) is 5.30. The van der Waals surface area contributed by atoms with E-state index in [0.29, 0.717) is 0 Å². The van der Waals surface area contributed by atoms with Gasteiger partial charge in [0.05, 0.1) is 5.69 Å². The molecule has 1 heterocycles. The second-order valence-electron chi connectivity index (χ2n) is 5.30. The average Bonchev–Trinajstić information content (AvgIpc) is 3.03. The minimum Gasteiger partial charge on any atom is -0.338 e. The highest BCUT2D eigenvalue weighted by molar-refractivity contribution is 5.81. The molecule has 1 aliphatic carbocycles. The number of rotatable bonds is 2. The predicted molar refractivity (Wildman–Crippen MR) is 81.2 cm³/mol. The van der Waals surface area contributed by atoms with Crippen molar-refractivity contribution in [1.29, 1.82) is 0 Å². The highest BCUT2D eigenvalue weighted by atomic mass is 19.1. The number of nitrogens with zero attached hydrogens (tertiary/aromatic N) is 1. The zero-order valence-electron chi connectivity index (χ0n) is 11.5. The number of fused-ring (bicyclic) bond motifs is 3. The summed E-state index contributed by atoms with van der Waals surface area (Å²) in [6.07, 6.45) is 0. The van der Waals surface area contributed by atoms with Crippen molar-refractivity contribution in [1.82, 2.24) is 10.2 Å². The topological polar surface area (TPSA) is 40.7 Å². The Kier molecular flexibility index (Phi) is 2.57. The van der Waals surface area contributed by atoms with Crippen molar-refractivity contribution < 1.29 is 4.39 Å². The van der Waals surface area contributed by atoms with Gasteiger partial charge < -0.3 is 5.32 Å². The average molecular weight is 279 g/mol. The Morgan fingerprint density at radius 2 is 1.86 bits per heavy atom. The van der Waals surface area contributed by atoms with Crippen molar-refractivity contribution in [2.45, 2.75) is 12.8 Å². The van der Waals surface area contributed by atoms with Crippen LogP contribution < -0.4 is 5.32 Å². The normalized spacial score (nSPS) is 15.6. The molecule has 3 nitrogen and oxygen atoms in total. The Labute approximate surface area is 121 Å². The van der Waals surface area contributed by atoms with Gasteiger partial charge in [0.2, 0.25) is 0 Å². The fourth-order valence-electron chi connectivity index (χ4n) is 3.00. The zero-order chi connectivity index (χ0) is 14.4. The summed E-state index contributed by atoms with van der Waals surface area (Å²) in [5.74, 6) is 0.854. The molecule has 2 N–H and O–H groups in total. The largest absolute Gasteiger partial charge is 0.338 e. The summed E-state index contributed by atoms with van der Waals surface area (Å²) < 4.78 is 13.0. The maximum Gasteiger partial charge on any atom is 0.156 e. The number of nitrogens with one attached hydrogen (secondary N) is 2. The van der Waals surface area contributed by atoms with Gasteiger partial charge in [-0.15, -0.1) is 0 Å². The fraction of sp³-hybridized carbons (Fsp3) is 0.118. The van der Waals surface area contributed by atoms with Gasteiger partial charge in [0.15, 0.2) is 5.82 Å². The van der Waals surface area contributed by atoms with E-state index in [4.69, 9.17) is 0 Å². The van der Waals surface area contributed by atoms with Gasteiger partial charge in [-0.25, -0.2) is 4.39 Å². The number of hydrogen-bond acceptors (Lipinski definition) is 2. The number of H-pyrrole nitrogens is 1. The minimum absolute atomic E-state index is 0.242. The quantitative estimate of drug-likeness (QED) is 0.728. The standard InChI is InChI=1S/C17H14FN3/c1-10-13-4-2-3-5-14(13)16-15(10)17(21-20-16)19-12-8-6-11(18)7-9-12/h2-10H,1H3,(H2,19,20,21). The summed E-state index contributed by atoms with van der Waals surface area (Å²) in [5.41, 5.74) is 5.58. The van der Waals surface area contributed by atoms with Gasteiger partial charge in [-0.05, 0) is 29.8 Å². The van der Waals surface area contributed by atoms with Crippen LogP contribution in [-0.2, 0) is 0 Å². The highest BCUT2D eigenvalue weighted by Crippen LogP contribution is 2.46. The maximum atomic E-state index is 13.0. The fourth-order valence-corrected chi connectivity index (χ4v) is 3.00. The van der Waals surface area contributed by atoms with E-state index in [1.54, 1.807) is 12.1 Å². The van der Waals surface area contributed by atoms with Crippen molar-refractivity contribution in [3.05, 3.63) is 65.5 Å². The first-order valence-corrected chi connectivity index (χ1v) is 6.94. The second kappa shape index (κ2) is 4.45. The van der Waals surface area contributed by atoms with Crippen LogP contribution in [0, 0.1) is 5.82 Å². The summed E-state index contributed by atoms with van der Waals surface area (Å²) >= 11 is 0. The molecule has 4 rings (SSSR count). The van der Waals surface area contributed by atoms with E-state index in [2.05, 4.69) is 40.6 Å². The molecule has 0 bridgehead atoms. The molecule has 0 aliphatic heterocycles. The van der Waals surface area contributed by atoms with Gasteiger partial charge in [-0.2, -0.15) is 5.10 Å². The molecule has 21 heavy (non-hydrogen) atoms. The summed E-state index contributed by atoms with van der Waals surface area (Å²) in [6, 6.07) is 14.6. The van der Waals surface area contributed by atoms with Crippen LogP contribution in [0.1, 0.15) is 24.0 Å². The van der Waals surface area contributed by atoms with Crippen LogP contribution in [0.3, 0.4) is 0 Å². The van der Waals surface area contributed by atoms with E-state index in [1.807, 2.05) is 6.07 Å². The molecule has 0 radical (unpaired) electrons. The van der Waals surface area contributed by atoms with Gasteiger partial charge in [0.1, 0.15) is 5.82 Å². The molecule has 0 saturated carbocycles. The van der Waals surface area contributed by atoms with Crippen LogP contribution in [0.15, 0.2) is 48.5 Å². The van der Waals surface area contributed by atoms with Crippen molar-refractivity contribution in [2.24, 2.45) is 0 Å². The molecular formula is C17H14FN3. The first kappa shape index (κ1) is 12.1. The molecular weight excluding hydrogens is 265 g/mol. The Morgan fingerprint density at radius 1 is 1.10 bits per heavy atom. The van der Waals surface area contributed by atoms with E-state index in [-0.39, 0.29) is 11.7 Å². The number of hydrogen-bond donors (Lipinski definition) is 2. The van der Waals surface area contributed by atoms with Gasteiger partial charge in [-0.1, -0.05) is 31.2 Å². The number of aromatic amines is 1. The summed E-state index contributed by atoms with van der Waals surface area (Å²) in [4.78, 5) is 0. The molecule has 1 aliphatic rings. The van der Waals surface area contributed by atoms with Gasteiger partial charge in [0, 0.05) is 22.7 Å². The van der Waals surface area contributed by atoms with Crippen LogP contribution in [0.5, 0.6) is 0 Å². The lowest BCUT2D eigenvalue weighted by atomic mass is 10.00. The van der Waals surface area contributed by atoms with Gasteiger partial charge in [-0.3, -0.25) is 5.10 Å². The van der Waals surface area contributed by atoms with E-state index < -0.39 is 0 Å². The first-order chi connectivity index (χ1) is 10.2. The molecule has 4 heteroatoms. The molecule has 0 amide bonds. The molecule has 2 aromatic carbocycles. The van der Waals surface area contributed by atoms with E-state index >= 15 is 0 Å². The van der Waals surface area contributed by atoms with E-state index in [9.17, 15) is 4.39 Å². The van der Waals surface area contributed by atoms with Crippen LogP contribution in [0.4, 0.5) is 15.9 Å². The highest BCUT2D eigenvalue weighted by Gasteiger charge is 2.30. The minimum atomic E-state index is -0.242. The molecule has 1 unspecified atom stereocenters. The monoisotopic (exact) mass is 279 g/mol. The predicted octanol–water partition coefficient (Wildman–Crippen LogP) is 4.42. The molecule has 104 valence electrons. The number of benzene rings is 2. The number of halogens is 1. The molecule has 1 aromatic heterocycles. The van der Waals surface area contributed by atoms with Gasteiger partial charge in [0.25, 0.3) is 0 Å². The lowest BCUT2D eigenvalue weighted by Crippen LogP contribution is -1.97. The first-order valence-electron chi connectivity index (χ1n) is 6.94. The van der Waals surface area contributed by atoms with Crippen molar-refractivity contribution >= 4 is 11.5 Å².